The van der Waals surface area contributed by atoms with Crippen molar-refractivity contribution < 1.29 is 19.0 Å². The van der Waals surface area contributed by atoms with Crippen LogP contribution in [0.2, 0.25) is 0 Å². The van der Waals surface area contributed by atoms with Crippen LogP contribution < -0.4 is 9.47 Å². The number of hydrogen-bond acceptors (Lipinski definition) is 4. The Labute approximate surface area is 175 Å². The lowest BCUT2D eigenvalue weighted by molar-refractivity contribution is -0.135. The van der Waals surface area contributed by atoms with Gasteiger partial charge in [0.2, 0.25) is 12.7 Å². The highest BCUT2D eigenvalue weighted by Gasteiger charge is 2.27. The second-order valence-corrected chi connectivity index (χ2v) is 7.75. The Hall–Kier alpha value is -2.99. The molecule has 1 aromatic heterocycles. The molecule has 6 heteroatoms. The molecule has 0 N–H and O–H groups in total. The average molecular weight is 406 g/mol. The Morgan fingerprint density at radius 1 is 1.07 bits per heavy atom. The van der Waals surface area contributed by atoms with Crippen LogP contribution in [0.15, 0.2) is 48.7 Å². The first-order valence-corrected chi connectivity index (χ1v) is 10.6. The van der Waals surface area contributed by atoms with Gasteiger partial charge in [0.15, 0.2) is 11.5 Å². The molecule has 1 fully saturated rings. The van der Waals surface area contributed by atoms with Gasteiger partial charge in [-0.3, -0.25) is 4.79 Å². The van der Waals surface area contributed by atoms with Gasteiger partial charge in [0.25, 0.3) is 0 Å². The Bertz CT molecular complexity index is 1070. The smallest absolute Gasteiger partial charge is 0.231 e. The summed E-state index contributed by atoms with van der Waals surface area (Å²) in [6, 6.07) is 14.4. The van der Waals surface area contributed by atoms with Gasteiger partial charge >= 0.3 is 0 Å². The first kappa shape index (κ1) is 19.0. The van der Waals surface area contributed by atoms with Crippen molar-refractivity contribution in [2.24, 2.45) is 0 Å². The molecule has 0 unspecified atom stereocenters. The molecular formula is C24H26N2O4. The summed E-state index contributed by atoms with van der Waals surface area (Å²) in [5, 5.41) is 1.19. The summed E-state index contributed by atoms with van der Waals surface area (Å²) in [6.45, 7) is 5.79. The molecule has 156 valence electrons. The van der Waals surface area contributed by atoms with Crippen LogP contribution in [-0.2, 0) is 16.1 Å². The third-order valence-electron chi connectivity index (χ3n) is 6.08. The summed E-state index contributed by atoms with van der Waals surface area (Å²) < 4.78 is 18.8. The van der Waals surface area contributed by atoms with Crippen molar-refractivity contribution in [2.45, 2.75) is 25.8 Å². The molecule has 3 heterocycles. The van der Waals surface area contributed by atoms with E-state index in [-0.39, 0.29) is 18.6 Å². The topological polar surface area (TPSA) is 52.9 Å². The van der Waals surface area contributed by atoms with Gasteiger partial charge < -0.3 is 23.7 Å². The molecule has 0 aliphatic carbocycles. The number of ether oxygens (including phenoxy) is 3. The van der Waals surface area contributed by atoms with E-state index in [0.717, 1.165) is 23.6 Å². The number of aromatic nitrogens is 1. The van der Waals surface area contributed by atoms with Gasteiger partial charge in [-0.15, -0.1) is 0 Å². The maximum absolute atomic E-state index is 13.2. The summed E-state index contributed by atoms with van der Waals surface area (Å²) in [5.74, 6) is 1.60. The van der Waals surface area contributed by atoms with E-state index in [1.54, 1.807) is 0 Å². The Kier molecular flexibility index (Phi) is 5.09. The molecule has 0 saturated carbocycles. The van der Waals surface area contributed by atoms with E-state index in [1.807, 2.05) is 17.0 Å². The van der Waals surface area contributed by atoms with Gasteiger partial charge in [-0.05, 0) is 36.2 Å². The molecule has 0 bridgehead atoms. The molecule has 2 aliphatic heterocycles. The third-order valence-corrected chi connectivity index (χ3v) is 6.08. The highest BCUT2D eigenvalue weighted by Crippen LogP contribution is 2.40. The summed E-state index contributed by atoms with van der Waals surface area (Å²) >= 11 is 0. The lowest BCUT2D eigenvalue weighted by Crippen LogP contribution is -2.41. The second-order valence-electron chi connectivity index (χ2n) is 7.75. The van der Waals surface area contributed by atoms with Gasteiger partial charge in [0.1, 0.15) is 0 Å². The van der Waals surface area contributed by atoms with E-state index in [0.29, 0.717) is 32.7 Å². The lowest BCUT2D eigenvalue weighted by Gasteiger charge is -2.28. The second kappa shape index (κ2) is 8.03. The molecule has 5 rings (SSSR count). The van der Waals surface area contributed by atoms with Crippen molar-refractivity contribution in [1.29, 1.82) is 0 Å². The highest BCUT2D eigenvalue weighted by atomic mass is 16.7. The predicted molar refractivity (Wildman–Crippen MR) is 114 cm³/mol. The van der Waals surface area contributed by atoms with Crippen LogP contribution in [0.5, 0.6) is 11.5 Å². The standard InChI is InChI=1S/C24H26N2O4/c1-2-25-15-20(18-5-3-4-6-21(18)25)19(14-24(27)26-9-11-28-12-10-26)17-7-8-22-23(13-17)30-16-29-22/h3-8,13,15,19H,2,9-12,14,16H2,1H3/t19-/m1/s1. The number of nitrogens with zero attached hydrogens (tertiary/aromatic N) is 2. The van der Waals surface area contributed by atoms with E-state index >= 15 is 0 Å². The highest BCUT2D eigenvalue weighted by molar-refractivity contribution is 5.87. The number of aryl methyl sites for hydroxylation is 1. The van der Waals surface area contributed by atoms with Gasteiger partial charge in [0.05, 0.1) is 13.2 Å². The van der Waals surface area contributed by atoms with E-state index in [4.69, 9.17) is 14.2 Å². The number of para-hydroxylation sites is 1. The normalized spacial score (nSPS) is 16.8. The number of carbonyl (C=O) groups is 1. The maximum Gasteiger partial charge on any atom is 0.231 e. The van der Waals surface area contributed by atoms with Gasteiger partial charge in [-0.25, -0.2) is 0 Å². The molecule has 0 radical (unpaired) electrons. The van der Waals surface area contributed by atoms with Crippen LogP contribution in [0, 0.1) is 0 Å². The quantitative estimate of drug-likeness (QED) is 0.647. The maximum atomic E-state index is 13.2. The van der Waals surface area contributed by atoms with Gasteiger partial charge in [-0.2, -0.15) is 0 Å². The van der Waals surface area contributed by atoms with Crippen molar-refractivity contribution in [3.8, 4) is 11.5 Å². The third kappa shape index (κ3) is 3.41. The van der Waals surface area contributed by atoms with Crippen LogP contribution in [0.3, 0.4) is 0 Å². The Morgan fingerprint density at radius 3 is 2.70 bits per heavy atom. The van der Waals surface area contributed by atoms with E-state index in [2.05, 4.69) is 48.0 Å². The van der Waals surface area contributed by atoms with Crippen LogP contribution in [0.4, 0.5) is 0 Å². The number of morpholine rings is 1. The molecule has 1 atom stereocenters. The van der Waals surface area contributed by atoms with Crippen molar-refractivity contribution in [1.82, 2.24) is 9.47 Å². The fraction of sp³-hybridized carbons (Fsp3) is 0.375. The number of benzene rings is 2. The molecule has 30 heavy (non-hydrogen) atoms. The number of hydrogen-bond donors (Lipinski definition) is 0. The summed E-state index contributed by atoms with van der Waals surface area (Å²) in [6.07, 6.45) is 2.61. The summed E-state index contributed by atoms with van der Waals surface area (Å²) in [7, 11) is 0. The minimum absolute atomic E-state index is 0.0625. The van der Waals surface area contributed by atoms with Crippen molar-refractivity contribution in [2.75, 3.05) is 33.1 Å². The van der Waals surface area contributed by atoms with E-state index in [1.165, 1.54) is 16.5 Å². The molecular weight excluding hydrogens is 380 g/mol. The number of fused-ring (bicyclic) bond motifs is 2. The minimum Gasteiger partial charge on any atom is -0.454 e. The molecule has 3 aromatic rings. The first-order valence-electron chi connectivity index (χ1n) is 10.6. The van der Waals surface area contributed by atoms with Crippen LogP contribution in [0.1, 0.15) is 30.4 Å². The summed E-state index contributed by atoms with van der Waals surface area (Å²) in [4.78, 5) is 15.1. The van der Waals surface area contributed by atoms with Crippen LogP contribution in [0.25, 0.3) is 10.9 Å². The Balaban J connectivity index is 1.57. The Morgan fingerprint density at radius 2 is 1.87 bits per heavy atom. The monoisotopic (exact) mass is 406 g/mol. The van der Waals surface area contributed by atoms with Crippen LogP contribution in [-0.4, -0.2) is 48.5 Å². The predicted octanol–water partition coefficient (Wildman–Crippen LogP) is 3.77. The molecule has 2 aromatic carbocycles. The fourth-order valence-corrected chi connectivity index (χ4v) is 4.47. The van der Waals surface area contributed by atoms with E-state index in [9.17, 15) is 4.79 Å². The summed E-state index contributed by atoms with van der Waals surface area (Å²) in [5.41, 5.74) is 3.44. The van der Waals surface area contributed by atoms with E-state index < -0.39 is 0 Å². The fourth-order valence-electron chi connectivity index (χ4n) is 4.47. The van der Waals surface area contributed by atoms with Gasteiger partial charge in [0, 0.05) is 49.1 Å². The number of amides is 1. The zero-order chi connectivity index (χ0) is 20.5. The van der Waals surface area contributed by atoms with Crippen LogP contribution >= 0.6 is 0 Å². The molecule has 1 saturated heterocycles. The van der Waals surface area contributed by atoms with Gasteiger partial charge in [-0.1, -0.05) is 24.3 Å². The van der Waals surface area contributed by atoms with Crippen molar-refractivity contribution in [3.63, 3.8) is 0 Å². The lowest BCUT2D eigenvalue weighted by atomic mass is 9.87. The average Bonchev–Trinajstić information content (AvgIpc) is 3.42. The van der Waals surface area contributed by atoms with Crippen molar-refractivity contribution in [3.05, 3.63) is 59.8 Å². The first-order chi connectivity index (χ1) is 14.7. The zero-order valence-electron chi connectivity index (χ0n) is 17.2. The largest absolute Gasteiger partial charge is 0.454 e. The van der Waals surface area contributed by atoms with Crippen molar-refractivity contribution >= 4 is 16.8 Å². The zero-order valence-corrected chi connectivity index (χ0v) is 17.2. The molecule has 0 spiro atoms. The SMILES string of the molecule is CCn1cc([C@H](CC(=O)N2CCOCC2)c2ccc3c(c2)OCO3)c2ccccc21. The molecule has 2 aliphatic rings. The number of carbonyl (C=O) groups excluding carboxylic acids is 1. The molecule has 1 amide bonds. The minimum atomic E-state index is -0.0625. The molecule has 6 nitrogen and oxygen atoms in total. The number of rotatable bonds is 5.